The predicted molar refractivity (Wildman–Crippen MR) is 73.4 cm³/mol. The summed E-state index contributed by atoms with van der Waals surface area (Å²) in [7, 11) is 1.73. The summed E-state index contributed by atoms with van der Waals surface area (Å²) in [6.45, 7) is 6.44. The van der Waals surface area contributed by atoms with Crippen molar-refractivity contribution in [2.75, 3.05) is 26.7 Å². The van der Waals surface area contributed by atoms with Crippen LogP contribution in [0.1, 0.15) is 12.5 Å². The lowest BCUT2D eigenvalue weighted by molar-refractivity contribution is 0.197. The molecule has 2 rings (SSSR count). The van der Waals surface area contributed by atoms with Gasteiger partial charge >= 0.3 is 0 Å². The van der Waals surface area contributed by atoms with Crippen LogP contribution >= 0.6 is 15.9 Å². The lowest BCUT2D eigenvalue weighted by Gasteiger charge is -2.32. The molecule has 0 radical (unpaired) electrons. The Morgan fingerprint density at radius 1 is 1.53 bits per heavy atom. The Morgan fingerprint density at radius 2 is 2.35 bits per heavy atom. The second-order valence-corrected chi connectivity index (χ2v) is 5.46. The zero-order valence-electron chi connectivity index (χ0n) is 10.4. The van der Waals surface area contributed by atoms with Crippen LogP contribution in [0.2, 0.25) is 0 Å². The van der Waals surface area contributed by atoms with E-state index in [9.17, 15) is 0 Å². The SMILES string of the molecule is COc1ccc(Br)cc1CN1CCN[C@@H](C)C1. The van der Waals surface area contributed by atoms with E-state index >= 15 is 0 Å². The Balaban J connectivity index is 2.08. The molecule has 0 amide bonds. The summed E-state index contributed by atoms with van der Waals surface area (Å²) in [5, 5.41) is 3.46. The third-order valence-corrected chi connectivity index (χ3v) is 3.58. The maximum atomic E-state index is 5.41. The van der Waals surface area contributed by atoms with Crippen LogP contribution in [-0.2, 0) is 6.54 Å². The van der Waals surface area contributed by atoms with Gasteiger partial charge < -0.3 is 10.1 Å². The summed E-state index contributed by atoms with van der Waals surface area (Å²) >= 11 is 3.52. The van der Waals surface area contributed by atoms with Crippen molar-refractivity contribution in [3.63, 3.8) is 0 Å². The summed E-state index contributed by atoms with van der Waals surface area (Å²) in [5.41, 5.74) is 1.25. The minimum atomic E-state index is 0.571. The highest BCUT2D eigenvalue weighted by molar-refractivity contribution is 9.10. The number of nitrogens with one attached hydrogen (secondary N) is 1. The van der Waals surface area contributed by atoms with Gasteiger partial charge in [-0.05, 0) is 25.1 Å². The van der Waals surface area contributed by atoms with E-state index in [1.807, 2.05) is 12.1 Å². The lowest BCUT2D eigenvalue weighted by atomic mass is 10.1. The summed E-state index contributed by atoms with van der Waals surface area (Å²) in [4.78, 5) is 2.46. The number of halogens is 1. The number of piperazine rings is 1. The molecule has 1 heterocycles. The maximum absolute atomic E-state index is 5.41. The molecule has 0 aliphatic carbocycles. The maximum Gasteiger partial charge on any atom is 0.123 e. The largest absolute Gasteiger partial charge is 0.496 e. The molecule has 0 saturated carbocycles. The molecule has 4 heteroatoms. The third kappa shape index (κ3) is 3.44. The fourth-order valence-corrected chi connectivity index (χ4v) is 2.68. The second-order valence-electron chi connectivity index (χ2n) is 4.55. The average Bonchev–Trinajstić information content (AvgIpc) is 2.29. The van der Waals surface area contributed by atoms with E-state index in [1.54, 1.807) is 7.11 Å². The molecule has 3 nitrogen and oxygen atoms in total. The Bertz CT molecular complexity index is 384. The van der Waals surface area contributed by atoms with Gasteiger partial charge in [0.15, 0.2) is 0 Å². The van der Waals surface area contributed by atoms with E-state index < -0.39 is 0 Å². The summed E-state index contributed by atoms with van der Waals surface area (Å²) in [6, 6.07) is 6.75. The van der Waals surface area contributed by atoms with Gasteiger partial charge in [0.2, 0.25) is 0 Å². The van der Waals surface area contributed by atoms with E-state index in [1.165, 1.54) is 5.56 Å². The molecule has 0 spiro atoms. The van der Waals surface area contributed by atoms with Crippen LogP contribution < -0.4 is 10.1 Å². The van der Waals surface area contributed by atoms with Crippen LogP contribution in [0.15, 0.2) is 22.7 Å². The first-order valence-corrected chi connectivity index (χ1v) is 6.76. The molecule has 1 aromatic carbocycles. The van der Waals surface area contributed by atoms with Gasteiger partial charge in [0, 0.05) is 42.3 Å². The van der Waals surface area contributed by atoms with Crippen molar-refractivity contribution in [1.29, 1.82) is 0 Å². The standard InChI is InChI=1S/C13H19BrN2O/c1-10-8-16(6-5-15-10)9-11-7-12(14)3-4-13(11)17-2/h3-4,7,10,15H,5-6,8-9H2,1-2H3/t10-/m0/s1. The van der Waals surface area contributed by atoms with E-state index in [2.05, 4.69) is 39.1 Å². The number of benzene rings is 1. The third-order valence-electron chi connectivity index (χ3n) is 3.09. The van der Waals surface area contributed by atoms with Crippen molar-refractivity contribution in [3.05, 3.63) is 28.2 Å². The number of hydrogen-bond acceptors (Lipinski definition) is 3. The van der Waals surface area contributed by atoms with Crippen molar-refractivity contribution in [2.45, 2.75) is 19.5 Å². The highest BCUT2D eigenvalue weighted by Crippen LogP contribution is 2.24. The van der Waals surface area contributed by atoms with E-state index in [0.29, 0.717) is 6.04 Å². The molecule has 1 aromatic rings. The van der Waals surface area contributed by atoms with E-state index in [0.717, 1.165) is 36.4 Å². The van der Waals surface area contributed by atoms with Crippen molar-refractivity contribution in [2.24, 2.45) is 0 Å². The molecule has 94 valence electrons. The van der Waals surface area contributed by atoms with Crippen molar-refractivity contribution >= 4 is 15.9 Å². The molecule has 1 aliphatic heterocycles. The highest BCUT2D eigenvalue weighted by atomic mass is 79.9. The zero-order chi connectivity index (χ0) is 12.3. The van der Waals surface area contributed by atoms with Gasteiger partial charge in [0.05, 0.1) is 7.11 Å². The number of methoxy groups -OCH3 is 1. The van der Waals surface area contributed by atoms with E-state index in [-0.39, 0.29) is 0 Å². The van der Waals surface area contributed by atoms with Crippen LogP contribution in [0.5, 0.6) is 5.75 Å². The van der Waals surface area contributed by atoms with Crippen LogP contribution in [0.25, 0.3) is 0 Å². The Morgan fingerprint density at radius 3 is 3.06 bits per heavy atom. The van der Waals surface area contributed by atoms with Gasteiger partial charge in [0.1, 0.15) is 5.75 Å². The van der Waals surface area contributed by atoms with E-state index in [4.69, 9.17) is 4.74 Å². The second kappa shape index (κ2) is 5.85. The molecule has 1 atom stereocenters. The van der Waals surface area contributed by atoms with Gasteiger partial charge in [-0.1, -0.05) is 15.9 Å². The smallest absolute Gasteiger partial charge is 0.123 e. The highest BCUT2D eigenvalue weighted by Gasteiger charge is 2.17. The first-order chi connectivity index (χ1) is 8.19. The molecule has 0 unspecified atom stereocenters. The van der Waals surface area contributed by atoms with Crippen molar-refractivity contribution in [1.82, 2.24) is 10.2 Å². The summed E-state index contributed by atoms with van der Waals surface area (Å²) < 4.78 is 6.51. The number of nitrogens with zero attached hydrogens (tertiary/aromatic N) is 1. The fraction of sp³-hybridized carbons (Fsp3) is 0.538. The van der Waals surface area contributed by atoms with Gasteiger partial charge in [0.25, 0.3) is 0 Å². The monoisotopic (exact) mass is 298 g/mol. The fourth-order valence-electron chi connectivity index (χ4n) is 2.27. The van der Waals surface area contributed by atoms with Crippen LogP contribution in [0, 0.1) is 0 Å². The minimum Gasteiger partial charge on any atom is -0.496 e. The zero-order valence-corrected chi connectivity index (χ0v) is 12.0. The Labute approximate surface area is 111 Å². The van der Waals surface area contributed by atoms with Gasteiger partial charge in [-0.15, -0.1) is 0 Å². The number of rotatable bonds is 3. The van der Waals surface area contributed by atoms with Crippen LogP contribution in [-0.4, -0.2) is 37.7 Å². The summed E-state index contributed by atoms with van der Waals surface area (Å²) in [5.74, 6) is 0.972. The van der Waals surface area contributed by atoms with Gasteiger partial charge in [-0.3, -0.25) is 4.90 Å². The predicted octanol–water partition coefficient (Wildman–Crippen LogP) is 2.25. The topological polar surface area (TPSA) is 24.5 Å². The quantitative estimate of drug-likeness (QED) is 0.926. The molecule has 17 heavy (non-hydrogen) atoms. The minimum absolute atomic E-state index is 0.571. The number of hydrogen-bond donors (Lipinski definition) is 1. The molecule has 0 bridgehead atoms. The lowest BCUT2D eigenvalue weighted by Crippen LogP contribution is -2.48. The molecule has 1 fully saturated rings. The molecule has 1 saturated heterocycles. The molecule has 0 aromatic heterocycles. The van der Waals surface area contributed by atoms with Gasteiger partial charge in [-0.2, -0.15) is 0 Å². The van der Waals surface area contributed by atoms with Crippen LogP contribution in [0.4, 0.5) is 0 Å². The molecule has 1 N–H and O–H groups in total. The molecule has 1 aliphatic rings. The average molecular weight is 299 g/mol. The normalized spacial score (nSPS) is 21.5. The Kier molecular flexibility index (Phi) is 4.42. The Hall–Kier alpha value is -0.580. The van der Waals surface area contributed by atoms with Gasteiger partial charge in [-0.25, -0.2) is 0 Å². The first kappa shape index (κ1) is 12.9. The molecular formula is C13H19BrN2O. The molecular weight excluding hydrogens is 280 g/mol. The summed E-state index contributed by atoms with van der Waals surface area (Å²) in [6.07, 6.45) is 0. The van der Waals surface area contributed by atoms with Crippen molar-refractivity contribution in [3.8, 4) is 5.75 Å². The van der Waals surface area contributed by atoms with Crippen LogP contribution in [0.3, 0.4) is 0 Å². The number of ether oxygens (including phenoxy) is 1. The van der Waals surface area contributed by atoms with Crippen molar-refractivity contribution < 1.29 is 4.74 Å². The first-order valence-electron chi connectivity index (χ1n) is 5.97.